The Morgan fingerprint density at radius 1 is 1.33 bits per heavy atom. The van der Waals surface area contributed by atoms with Crippen LogP contribution in [0.2, 0.25) is 5.02 Å². The second-order valence-corrected chi connectivity index (χ2v) is 9.00. The van der Waals surface area contributed by atoms with Crippen LogP contribution < -0.4 is 5.32 Å². The fourth-order valence-electron chi connectivity index (χ4n) is 1.96. The van der Waals surface area contributed by atoms with Crippen molar-refractivity contribution in [2.24, 2.45) is 5.92 Å². The van der Waals surface area contributed by atoms with E-state index in [2.05, 4.69) is 21.2 Å². The maximum Gasteiger partial charge on any atom is 0.262 e. The molecule has 0 fully saturated rings. The molecular weight excluding hydrogens is 401 g/mol. The highest BCUT2D eigenvalue weighted by molar-refractivity contribution is 9.10. The van der Waals surface area contributed by atoms with Crippen molar-refractivity contribution in [3.63, 3.8) is 0 Å². The van der Waals surface area contributed by atoms with Gasteiger partial charge >= 0.3 is 0 Å². The summed E-state index contributed by atoms with van der Waals surface area (Å²) in [6.07, 6.45) is 0.806. The monoisotopic (exact) mass is 415 g/mol. The van der Waals surface area contributed by atoms with Crippen LogP contribution in [-0.4, -0.2) is 20.4 Å². The first kappa shape index (κ1) is 18.7. The molecule has 0 saturated heterocycles. The van der Waals surface area contributed by atoms with Crippen molar-refractivity contribution in [3.8, 4) is 0 Å². The lowest BCUT2D eigenvalue weighted by Crippen LogP contribution is -2.33. The Kier molecular flexibility index (Phi) is 6.53. The molecule has 0 aromatic heterocycles. The van der Waals surface area contributed by atoms with Crippen molar-refractivity contribution in [1.29, 1.82) is 0 Å². The fourth-order valence-corrected chi connectivity index (χ4v) is 4.53. The van der Waals surface area contributed by atoms with Crippen LogP contribution in [0.4, 0.5) is 0 Å². The van der Waals surface area contributed by atoms with Gasteiger partial charge in [0.1, 0.15) is 0 Å². The van der Waals surface area contributed by atoms with Crippen molar-refractivity contribution in [3.05, 3.63) is 27.2 Å². The lowest BCUT2D eigenvalue weighted by Gasteiger charge is -2.17. The minimum absolute atomic E-state index is 0.0479. The van der Waals surface area contributed by atoms with Crippen molar-refractivity contribution in [2.75, 3.05) is 0 Å². The van der Waals surface area contributed by atoms with Gasteiger partial charge in [0.05, 0.1) is 15.5 Å². The van der Waals surface area contributed by atoms with Crippen LogP contribution in [0.15, 0.2) is 21.5 Å². The van der Waals surface area contributed by atoms with Gasteiger partial charge in [0.15, 0.2) is 0 Å². The minimum Gasteiger partial charge on any atom is -0.350 e. The maximum absolute atomic E-state index is 12.2. The van der Waals surface area contributed by atoms with Gasteiger partial charge in [-0.25, -0.2) is 8.42 Å². The maximum atomic E-state index is 12.2. The average molecular weight is 417 g/mol. The molecule has 0 spiro atoms. The Morgan fingerprint density at radius 3 is 2.38 bits per heavy atom. The predicted octanol–water partition coefficient (Wildman–Crippen LogP) is 4.19. The first-order chi connectivity index (χ1) is 9.52. The Labute approximate surface area is 142 Å². The summed E-state index contributed by atoms with van der Waals surface area (Å²) in [6, 6.07) is 2.47. The third kappa shape index (κ3) is 5.43. The second-order valence-electron chi connectivity index (χ2n) is 5.20. The first-order valence-electron chi connectivity index (χ1n) is 6.27. The molecule has 0 aliphatic rings. The zero-order chi connectivity index (χ0) is 16.4. The number of hydrogen-bond acceptors (Lipinski definition) is 3. The van der Waals surface area contributed by atoms with Gasteiger partial charge in [-0.2, -0.15) is 0 Å². The van der Waals surface area contributed by atoms with Gasteiger partial charge in [-0.3, -0.25) is 4.79 Å². The molecule has 0 heterocycles. The normalized spacial score (nSPS) is 13.3. The molecular formula is C13H16BrCl2NO3S. The molecule has 1 amide bonds. The van der Waals surface area contributed by atoms with Crippen LogP contribution in [0.25, 0.3) is 0 Å². The van der Waals surface area contributed by atoms with Crippen LogP contribution in [0.5, 0.6) is 0 Å². The lowest BCUT2D eigenvalue weighted by molar-refractivity contribution is 0.0936. The molecule has 0 aliphatic carbocycles. The highest BCUT2D eigenvalue weighted by atomic mass is 79.9. The number of carbonyl (C=O) groups excluding carboxylic acids is 1. The number of hydrogen-bond donors (Lipinski definition) is 1. The van der Waals surface area contributed by atoms with Gasteiger partial charge in [-0.05, 0) is 47.3 Å². The highest BCUT2D eigenvalue weighted by Gasteiger charge is 2.21. The summed E-state index contributed by atoms with van der Waals surface area (Å²) in [5.74, 6) is 0.00156. The van der Waals surface area contributed by atoms with Gasteiger partial charge in [0.25, 0.3) is 15.0 Å². The number of nitrogens with one attached hydrogen (secondary N) is 1. The van der Waals surface area contributed by atoms with Crippen molar-refractivity contribution in [1.82, 2.24) is 5.32 Å². The minimum atomic E-state index is -3.97. The second kappa shape index (κ2) is 7.31. The molecule has 0 radical (unpaired) electrons. The van der Waals surface area contributed by atoms with E-state index in [1.54, 1.807) is 0 Å². The Balaban J connectivity index is 3.10. The summed E-state index contributed by atoms with van der Waals surface area (Å²) < 4.78 is 23.2. The summed E-state index contributed by atoms with van der Waals surface area (Å²) in [4.78, 5) is 12.0. The lowest BCUT2D eigenvalue weighted by atomic mass is 10.0. The first-order valence-corrected chi connectivity index (χ1v) is 9.75. The van der Waals surface area contributed by atoms with E-state index in [0.717, 1.165) is 6.42 Å². The third-order valence-electron chi connectivity index (χ3n) is 2.73. The van der Waals surface area contributed by atoms with E-state index in [1.165, 1.54) is 12.1 Å². The average Bonchev–Trinajstić information content (AvgIpc) is 2.24. The molecule has 1 aromatic rings. The topological polar surface area (TPSA) is 63.2 Å². The van der Waals surface area contributed by atoms with E-state index in [0.29, 0.717) is 5.92 Å². The zero-order valence-corrected chi connectivity index (χ0v) is 15.7. The van der Waals surface area contributed by atoms with E-state index < -0.39 is 15.0 Å². The molecule has 4 nitrogen and oxygen atoms in total. The SMILES string of the molecule is CC(C)CC(C)NC(=O)c1cc(S(=O)(=O)Cl)c(Br)cc1Cl. The molecule has 0 aliphatic heterocycles. The number of rotatable bonds is 5. The largest absolute Gasteiger partial charge is 0.350 e. The van der Waals surface area contributed by atoms with Gasteiger partial charge in [0, 0.05) is 21.2 Å². The smallest absolute Gasteiger partial charge is 0.262 e. The van der Waals surface area contributed by atoms with Gasteiger partial charge in [-0.1, -0.05) is 25.4 Å². The summed E-state index contributed by atoms with van der Waals surface area (Å²) in [5, 5.41) is 2.94. The number of amides is 1. The van der Waals surface area contributed by atoms with E-state index >= 15 is 0 Å². The van der Waals surface area contributed by atoms with Gasteiger partial charge in [-0.15, -0.1) is 0 Å². The molecule has 0 bridgehead atoms. The Bertz CT molecular complexity index is 647. The van der Waals surface area contributed by atoms with E-state index in [4.69, 9.17) is 22.3 Å². The summed E-state index contributed by atoms with van der Waals surface area (Å²) >= 11 is 9.08. The molecule has 1 N–H and O–H groups in total. The fraction of sp³-hybridized carbons (Fsp3) is 0.462. The van der Waals surface area contributed by atoms with Crippen molar-refractivity contribution in [2.45, 2.75) is 38.1 Å². The zero-order valence-electron chi connectivity index (χ0n) is 11.8. The Hall–Kier alpha value is -0.300. The van der Waals surface area contributed by atoms with Crippen LogP contribution in [0.1, 0.15) is 37.6 Å². The highest BCUT2D eigenvalue weighted by Crippen LogP contribution is 2.31. The predicted molar refractivity (Wildman–Crippen MR) is 88.6 cm³/mol. The molecule has 1 rings (SSSR count). The third-order valence-corrected chi connectivity index (χ3v) is 5.32. The summed E-state index contributed by atoms with van der Waals surface area (Å²) in [5.41, 5.74) is 0.0784. The van der Waals surface area contributed by atoms with E-state index in [-0.39, 0.29) is 26.0 Å². The number of benzene rings is 1. The molecule has 118 valence electrons. The molecule has 1 atom stereocenters. The molecule has 21 heavy (non-hydrogen) atoms. The van der Waals surface area contributed by atoms with E-state index in [9.17, 15) is 13.2 Å². The van der Waals surface area contributed by atoms with Gasteiger partial charge < -0.3 is 5.32 Å². The van der Waals surface area contributed by atoms with Crippen LogP contribution in [-0.2, 0) is 9.05 Å². The molecule has 1 unspecified atom stereocenters. The molecule has 8 heteroatoms. The standard InChI is InChI=1S/C13H16BrCl2NO3S/c1-7(2)4-8(3)17-13(18)9-5-12(21(16,19)20)10(14)6-11(9)15/h5-8H,4H2,1-3H3,(H,17,18). The van der Waals surface area contributed by atoms with Crippen LogP contribution >= 0.6 is 38.2 Å². The van der Waals surface area contributed by atoms with Crippen LogP contribution in [0.3, 0.4) is 0 Å². The molecule has 0 saturated carbocycles. The summed E-state index contributed by atoms with van der Waals surface area (Å²) in [7, 11) is 1.37. The van der Waals surface area contributed by atoms with Crippen molar-refractivity contribution < 1.29 is 13.2 Å². The van der Waals surface area contributed by atoms with Crippen LogP contribution in [0, 0.1) is 5.92 Å². The Morgan fingerprint density at radius 2 is 1.90 bits per heavy atom. The number of carbonyl (C=O) groups is 1. The quantitative estimate of drug-likeness (QED) is 0.731. The van der Waals surface area contributed by atoms with Crippen molar-refractivity contribution >= 4 is 53.2 Å². The van der Waals surface area contributed by atoms with E-state index in [1.807, 2.05) is 20.8 Å². The number of halogens is 3. The summed E-state index contributed by atoms with van der Waals surface area (Å²) in [6.45, 7) is 5.98. The molecule has 1 aromatic carbocycles. The van der Waals surface area contributed by atoms with Gasteiger partial charge in [0.2, 0.25) is 0 Å².